The quantitative estimate of drug-likeness (QED) is 0.548. The molecule has 0 bridgehead atoms. The van der Waals surface area contributed by atoms with Crippen LogP contribution in [0.2, 0.25) is 0 Å². The summed E-state index contributed by atoms with van der Waals surface area (Å²) in [6.07, 6.45) is 4.71. The molecule has 4 rings (SSSR count). The van der Waals surface area contributed by atoms with Gasteiger partial charge >= 0.3 is 0 Å². The lowest BCUT2D eigenvalue weighted by atomic mass is 10.1. The molecule has 0 spiro atoms. The third-order valence-electron chi connectivity index (χ3n) is 5.28. The molecule has 0 fully saturated rings. The number of nitrogens with zero attached hydrogens (tertiary/aromatic N) is 4. The van der Waals surface area contributed by atoms with E-state index in [2.05, 4.69) is 42.2 Å². The zero-order valence-electron chi connectivity index (χ0n) is 17.0. The largest absolute Gasteiger partial charge is 0.272 e. The van der Waals surface area contributed by atoms with E-state index in [-0.39, 0.29) is 5.91 Å². The monoisotopic (exact) mass is 406 g/mol. The van der Waals surface area contributed by atoms with Gasteiger partial charge in [0.2, 0.25) is 5.16 Å². The van der Waals surface area contributed by atoms with Crippen molar-refractivity contribution in [1.29, 1.82) is 0 Å². The average Bonchev–Trinajstić information content (AvgIpc) is 3.18. The molecule has 2 heterocycles. The average molecular weight is 407 g/mol. The SMILES string of the molecule is CCCCCc1ccc(C(=O)N2CCSc3nnc(-c4ccccc4C)n32)cc1. The molecular formula is C23H26N4OS. The van der Waals surface area contributed by atoms with E-state index in [1.165, 1.54) is 24.8 Å². The molecule has 29 heavy (non-hydrogen) atoms. The molecule has 1 aromatic heterocycles. The van der Waals surface area contributed by atoms with Gasteiger partial charge in [-0.05, 0) is 43.0 Å². The summed E-state index contributed by atoms with van der Waals surface area (Å²) in [6.45, 7) is 4.89. The Labute approximate surface area is 176 Å². The molecule has 0 radical (unpaired) electrons. The van der Waals surface area contributed by atoms with Crippen LogP contribution >= 0.6 is 11.8 Å². The van der Waals surface area contributed by atoms with Crippen molar-refractivity contribution < 1.29 is 4.79 Å². The van der Waals surface area contributed by atoms with E-state index < -0.39 is 0 Å². The highest BCUT2D eigenvalue weighted by atomic mass is 32.2. The normalized spacial score (nSPS) is 13.4. The van der Waals surface area contributed by atoms with Crippen molar-refractivity contribution in [3.8, 4) is 11.4 Å². The number of hydrogen-bond donors (Lipinski definition) is 0. The topological polar surface area (TPSA) is 51.0 Å². The maximum Gasteiger partial charge on any atom is 0.272 e. The highest BCUT2D eigenvalue weighted by Gasteiger charge is 2.29. The number of aromatic nitrogens is 3. The van der Waals surface area contributed by atoms with Crippen LogP contribution in [0.1, 0.15) is 47.7 Å². The maximum atomic E-state index is 13.3. The van der Waals surface area contributed by atoms with Crippen molar-refractivity contribution in [2.75, 3.05) is 17.3 Å². The van der Waals surface area contributed by atoms with Crippen molar-refractivity contribution >= 4 is 17.7 Å². The lowest BCUT2D eigenvalue weighted by Gasteiger charge is -2.29. The van der Waals surface area contributed by atoms with Gasteiger partial charge in [-0.15, -0.1) is 10.2 Å². The summed E-state index contributed by atoms with van der Waals surface area (Å²) >= 11 is 1.64. The fourth-order valence-electron chi connectivity index (χ4n) is 3.62. The van der Waals surface area contributed by atoms with Crippen molar-refractivity contribution in [2.24, 2.45) is 0 Å². The first-order valence-corrected chi connectivity index (χ1v) is 11.2. The van der Waals surface area contributed by atoms with Gasteiger partial charge in [-0.25, -0.2) is 9.69 Å². The van der Waals surface area contributed by atoms with Gasteiger partial charge in [0.1, 0.15) is 0 Å². The first-order valence-electron chi connectivity index (χ1n) is 10.2. The van der Waals surface area contributed by atoms with Crippen LogP contribution < -0.4 is 5.01 Å². The molecule has 1 aliphatic heterocycles. The molecule has 6 heteroatoms. The predicted octanol–water partition coefficient (Wildman–Crippen LogP) is 4.87. The van der Waals surface area contributed by atoms with E-state index in [1.807, 2.05) is 35.0 Å². The van der Waals surface area contributed by atoms with E-state index in [9.17, 15) is 4.79 Å². The molecule has 1 amide bonds. The number of carbonyl (C=O) groups excluding carboxylic acids is 1. The van der Waals surface area contributed by atoms with Gasteiger partial charge in [0.15, 0.2) is 5.82 Å². The van der Waals surface area contributed by atoms with Gasteiger partial charge in [-0.1, -0.05) is 67.9 Å². The van der Waals surface area contributed by atoms with E-state index in [0.29, 0.717) is 12.1 Å². The lowest BCUT2D eigenvalue weighted by molar-refractivity contribution is 0.0956. The zero-order valence-corrected chi connectivity index (χ0v) is 17.8. The minimum atomic E-state index is -0.0127. The highest BCUT2D eigenvalue weighted by Crippen LogP contribution is 2.29. The van der Waals surface area contributed by atoms with E-state index in [4.69, 9.17) is 0 Å². The van der Waals surface area contributed by atoms with Gasteiger partial charge in [-0.2, -0.15) is 0 Å². The smallest absolute Gasteiger partial charge is 0.267 e. The summed E-state index contributed by atoms with van der Waals surface area (Å²) in [5, 5.41) is 11.3. The van der Waals surface area contributed by atoms with Crippen molar-refractivity contribution in [2.45, 2.75) is 44.7 Å². The second-order valence-electron chi connectivity index (χ2n) is 7.36. The summed E-state index contributed by atoms with van der Waals surface area (Å²) in [7, 11) is 0. The molecule has 0 N–H and O–H groups in total. The molecule has 0 saturated carbocycles. The molecule has 0 aliphatic carbocycles. The number of amides is 1. The van der Waals surface area contributed by atoms with Crippen LogP contribution in [0.15, 0.2) is 53.7 Å². The maximum absolute atomic E-state index is 13.3. The lowest BCUT2D eigenvalue weighted by Crippen LogP contribution is -2.45. The fraction of sp³-hybridized carbons (Fsp3) is 0.348. The Kier molecular flexibility index (Phi) is 6.00. The van der Waals surface area contributed by atoms with Crippen LogP contribution in [0, 0.1) is 6.92 Å². The van der Waals surface area contributed by atoms with Crippen molar-refractivity contribution in [3.05, 3.63) is 65.2 Å². The number of rotatable bonds is 6. The number of thioether (sulfide) groups is 1. The second kappa shape index (κ2) is 8.82. The van der Waals surface area contributed by atoms with Crippen molar-refractivity contribution in [3.63, 3.8) is 0 Å². The Morgan fingerprint density at radius 2 is 1.86 bits per heavy atom. The first-order chi connectivity index (χ1) is 14.2. The summed E-state index contributed by atoms with van der Waals surface area (Å²) in [6, 6.07) is 16.1. The second-order valence-corrected chi connectivity index (χ2v) is 8.43. The van der Waals surface area contributed by atoms with Gasteiger partial charge in [0.05, 0.1) is 6.54 Å². The molecule has 5 nitrogen and oxygen atoms in total. The summed E-state index contributed by atoms with van der Waals surface area (Å²) < 4.78 is 1.88. The van der Waals surface area contributed by atoms with E-state index in [1.54, 1.807) is 16.8 Å². The molecule has 0 atom stereocenters. The first kappa shape index (κ1) is 19.7. The molecule has 3 aromatic rings. The van der Waals surface area contributed by atoms with Crippen LogP contribution in [0.4, 0.5) is 0 Å². The van der Waals surface area contributed by atoms with E-state index in [0.717, 1.165) is 34.3 Å². The minimum absolute atomic E-state index is 0.0127. The number of hydrogen-bond acceptors (Lipinski definition) is 4. The molecule has 150 valence electrons. The zero-order chi connectivity index (χ0) is 20.2. The van der Waals surface area contributed by atoms with Crippen molar-refractivity contribution in [1.82, 2.24) is 14.9 Å². The van der Waals surface area contributed by atoms with Crippen LogP contribution in [0.25, 0.3) is 11.4 Å². The summed E-state index contributed by atoms with van der Waals surface area (Å²) in [5.41, 5.74) is 4.10. The van der Waals surface area contributed by atoms with Crippen LogP contribution in [-0.2, 0) is 6.42 Å². The van der Waals surface area contributed by atoms with Crippen LogP contribution in [0.3, 0.4) is 0 Å². The van der Waals surface area contributed by atoms with Gasteiger partial charge in [0, 0.05) is 16.9 Å². The molecule has 2 aromatic carbocycles. The Hall–Kier alpha value is -2.60. The minimum Gasteiger partial charge on any atom is -0.267 e. The van der Waals surface area contributed by atoms with Crippen LogP contribution in [0.5, 0.6) is 0 Å². The summed E-state index contributed by atoms with van der Waals surface area (Å²) in [4.78, 5) is 13.3. The Morgan fingerprint density at radius 1 is 1.07 bits per heavy atom. The number of benzene rings is 2. The third-order valence-corrected chi connectivity index (χ3v) is 6.18. The number of carbonyl (C=O) groups is 1. The predicted molar refractivity (Wildman–Crippen MR) is 118 cm³/mol. The highest BCUT2D eigenvalue weighted by molar-refractivity contribution is 7.99. The van der Waals surface area contributed by atoms with Gasteiger partial charge in [-0.3, -0.25) is 4.79 Å². The Balaban J connectivity index is 1.62. The molecule has 1 aliphatic rings. The Morgan fingerprint density at radius 3 is 2.62 bits per heavy atom. The molecule has 0 saturated heterocycles. The van der Waals surface area contributed by atoms with Crippen LogP contribution in [-0.4, -0.2) is 33.1 Å². The molecule has 0 unspecified atom stereocenters. The number of fused-ring (bicyclic) bond motifs is 1. The van der Waals surface area contributed by atoms with Gasteiger partial charge < -0.3 is 0 Å². The standard InChI is InChI=1S/C23H26N4OS/c1-3-4-5-9-18-11-13-19(14-12-18)22(28)26-15-16-29-23-25-24-21(27(23)26)20-10-7-6-8-17(20)2/h6-8,10-14H,3-5,9,15-16H2,1-2H3. The number of aryl methyl sites for hydroxylation is 2. The fourth-order valence-corrected chi connectivity index (χ4v) is 4.48. The number of unbranched alkanes of at least 4 members (excludes halogenated alkanes) is 2. The Bertz CT molecular complexity index is 996. The third kappa shape index (κ3) is 4.08. The van der Waals surface area contributed by atoms with Gasteiger partial charge in [0.25, 0.3) is 5.91 Å². The molecular weight excluding hydrogens is 380 g/mol. The van der Waals surface area contributed by atoms with E-state index >= 15 is 0 Å². The summed E-state index contributed by atoms with van der Waals surface area (Å²) in [5.74, 6) is 1.52.